The Hall–Kier alpha value is -5.46. The Morgan fingerprint density at radius 3 is 2.22 bits per heavy atom. The molecule has 0 aliphatic carbocycles. The zero-order valence-corrected chi connectivity index (χ0v) is 37.8. The molecule has 4 heterocycles. The van der Waals surface area contributed by atoms with Crippen LogP contribution in [0.3, 0.4) is 0 Å². The summed E-state index contributed by atoms with van der Waals surface area (Å²) < 4.78 is 8.65. The number of fused-ring (bicyclic) bond motifs is 4. The summed E-state index contributed by atoms with van der Waals surface area (Å²) in [7, 11) is -1.30. The van der Waals surface area contributed by atoms with E-state index in [-0.39, 0.29) is 25.5 Å². The van der Waals surface area contributed by atoms with Crippen LogP contribution >= 0.6 is 0 Å². The fourth-order valence-corrected chi connectivity index (χ4v) is 9.29. The number of hydrogen-bond acceptors (Lipinski definition) is 4. The minimum atomic E-state index is -1.30. The van der Waals surface area contributed by atoms with Gasteiger partial charge < -0.3 is 14.0 Å². The zero-order valence-electron chi connectivity index (χ0n) is 34.4. The van der Waals surface area contributed by atoms with Gasteiger partial charge in [0.2, 0.25) is 5.71 Å². The van der Waals surface area contributed by atoms with Crippen molar-refractivity contribution in [2.45, 2.75) is 66.1 Å². The molecular formula is C51H48IrN4OSi-2. The van der Waals surface area contributed by atoms with Gasteiger partial charge in [-0.1, -0.05) is 118 Å². The number of pyridine rings is 2. The Kier molecular flexibility index (Phi) is 11.5. The minimum absolute atomic E-state index is 0. The first kappa shape index (κ1) is 40.7. The smallest absolute Gasteiger partial charge is 0.216 e. The van der Waals surface area contributed by atoms with Crippen LogP contribution in [0.1, 0.15) is 44.5 Å². The number of furan rings is 1. The van der Waals surface area contributed by atoms with Gasteiger partial charge in [-0.3, -0.25) is 4.98 Å². The van der Waals surface area contributed by atoms with Gasteiger partial charge in [0.1, 0.15) is 0 Å². The van der Waals surface area contributed by atoms with Crippen molar-refractivity contribution in [1.82, 2.24) is 19.5 Å². The molecule has 5 aromatic carbocycles. The Labute approximate surface area is 356 Å². The van der Waals surface area contributed by atoms with Gasteiger partial charge in [0.15, 0.2) is 0 Å². The number of aryl methyl sites for hydroxylation is 2. The molecule has 0 amide bonds. The molecule has 293 valence electrons. The summed E-state index contributed by atoms with van der Waals surface area (Å²) >= 11 is 0. The van der Waals surface area contributed by atoms with Gasteiger partial charge in [-0.2, -0.15) is 0 Å². The van der Waals surface area contributed by atoms with Crippen LogP contribution < -0.4 is 5.19 Å². The zero-order chi connectivity index (χ0) is 39.9. The Balaban J connectivity index is 0.000000227. The second-order valence-corrected chi connectivity index (χ2v) is 21.8. The van der Waals surface area contributed by atoms with E-state index in [1.54, 1.807) is 0 Å². The fourth-order valence-electron chi connectivity index (χ4n) is 7.63. The van der Waals surface area contributed by atoms with Crippen LogP contribution in [0, 0.1) is 19.1 Å². The molecular weight excluding hydrogens is 905 g/mol. The Morgan fingerprint density at radius 2 is 1.50 bits per heavy atom. The Bertz CT molecular complexity index is 2870. The summed E-state index contributed by atoms with van der Waals surface area (Å²) in [6.07, 6.45) is 3.16. The van der Waals surface area contributed by atoms with Gasteiger partial charge in [0.25, 0.3) is 0 Å². The molecule has 0 spiro atoms. The van der Waals surface area contributed by atoms with E-state index < -0.39 is 8.07 Å². The van der Waals surface area contributed by atoms with Crippen molar-refractivity contribution in [1.29, 1.82) is 0 Å². The molecule has 0 bridgehead atoms. The topological polar surface area (TPSA) is 56.7 Å². The van der Waals surface area contributed by atoms with Crippen LogP contribution in [0.4, 0.5) is 0 Å². The van der Waals surface area contributed by atoms with Gasteiger partial charge in [0, 0.05) is 43.1 Å². The van der Waals surface area contributed by atoms with Crippen LogP contribution in [0.25, 0.3) is 72.6 Å². The number of imidazole rings is 1. The molecule has 1 radical (unpaired) electrons. The third kappa shape index (κ3) is 8.00. The number of aromatic nitrogens is 4. The number of para-hydroxylation sites is 2. The first-order chi connectivity index (χ1) is 27.4. The van der Waals surface area contributed by atoms with Crippen molar-refractivity contribution in [3.8, 4) is 39.5 Å². The number of nitrogens with zero attached hydrogens (tertiary/aromatic N) is 4. The standard InChI is InChI=1S/C35H28N3O.C16H20NSi.Ir/c1-22-17-19-26-25-13-10-14-27(32(25)39-34(26)36-22)33-37-29-15-8-9-16-31(29)38(33)30-20-18-24(21-28(30)35(2,3)4)23-11-6-5-7-12-23;1-5-13-11-15(14-9-7-6-8-10-14)17-12-16(13)18(2,3)4;/h5-13,15-21H,1-4H3;6-9,11-12H,5H2,1-4H3;/q2*-1;. The molecule has 7 heteroatoms. The van der Waals surface area contributed by atoms with Crippen LogP contribution in [0.5, 0.6) is 0 Å². The van der Waals surface area contributed by atoms with Crippen molar-refractivity contribution >= 4 is 46.4 Å². The van der Waals surface area contributed by atoms with Gasteiger partial charge in [-0.05, 0) is 82.7 Å². The minimum Gasteiger partial charge on any atom is -0.486 e. The normalized spacial score (nSPS) is 11.7. The average Bonchev–Trinajstić information content (AvgIpc) is 3.79. The van der Waals surface area contributed by atoms with E-state index in [0.29, 0.717) is 5.71 Å². The van der Waals surface area contributed by atoms with E-state index in [4.69, 9.17) is 9.40 Å². The second-order valence-electron chi connectivity index (χ2n) is 16.7. The van der Waals surface area contributed by atoms with Crippen molar-refractivity contribution in [2.75, 3.05) is 0 Å². The summed E-state index contributed by atoms with van der Waals surface area (Å²) in [4.78, 5) is 14.4. The summed E-state index contributed by atoms with van der Waals surface area (Å²) in [5, 5.41) is 3.49. The molecule has 4 aromatic heterocycles. The van der Waals surface area contributed by atoms with Crippen LogP contribution in [0.15, 0.2) is 138 Å². The molecule has 0 saturated heterocycles. The van der Waals surface area contributed by atoms with E-state index in [9.17, 15) is 0 Å². The molecule has 0 unspecified atom stereocenters. The van der Waals surface area contributed by atoms with Crippen molar-refractivity contribution in [3.05, 3.63) is 163 Å². The molecule has 0 atom stereocenters. The van der Waals surface area contributed by atoms with E-state index in [2.05, 4.69) is 165 Å². The van der Waals surface area contributed by atoms with Gasteiger partial charge in [-0.25, -0.2) is 4.98 Å². The molecule has 9 aromatic rings. The molecule has 5 nitrogen and oxygen atoms in total. The molecule has 0 N–H and O–H groups in total. The van der Waals surface area contributed by atoms with Crippen molar-refractivity contribution in [3.63, 3.8) is 0 Å². The first-order valence-corrected chi connectivity index (χ1v) is 23.3. The van der Waals surface area contributed by atoms with E-state index in [1.807, 2.05) is 49.4 Å². The molecule has 58 heavy (non-hydrogen) atoms. The van der Waals surface area contributed by atoms with Crippen LogP contribution in [-0.4, -0.2) is 27.6 Å². The van der Waals surface area contributed by atoms with Gasteiger partial charge in [0.05, 0.1) is 30.5 Å². The maximum absolute atomic E-state index is 6.38. The quantitative estimate of drug-likeness (QED) is 0.123. The number of rotatable bonds is 6. The monoisotopic (exact) mass is 953 g/mol. The van der Waals surface area contributed by atoms with Gasteiger partial charge >= 0.3 is 0 Å². The molecule has 9 rings (SSSR count). The SMILES string of the molecule is CCc1cc(-c2[c-]cccc2)ncc1[Si](C)(C)C.Cc1ccc2c(n1)oc1c(-c3nc4ccccc4n3-c3ccc(-c4ccccc4)cc3C(C)(C)C)[c-]ccc12.[Ir]. The van der Waals surface area contributed by atoms with Crippen molar-refractivity contribution in [2.24, 2.45) is 0 Å². The van der Waals surface area contributed by atoms with Crippen molar-refractivity contribution < 1.29 is 24.5 Å². The van der Waals surface area contributed by atoms with E-state index >= 15 is 0 Å². The predicted molar refractivity (Wildman–Crippen MR) is 240 cm³/mol. The number of hydrogen-bond donors (Lipinski definition) is 0. The summed E-state index contributed by atoms with van der Waals surface area (Å²) in [6.45, 7) is 18.1. The molecule has 0 saturated carbocycles. The predicted octanol–water partition coefficient (Wildman–Crippen LogP) is 12.7. The first-order valence-electron chi connectivity index (χ1n) is 19.8. The Morgan fingerprint density at radius 1 is 0.741 bits per heavy atom. The molecule has 0 aliphatic rings. The van der Waals surface area contributed by atoms with Crippen LogP contribution in [-0.2, 0) is 31.9 Å². The average molecular weight is 953 g/mol. The third-order valence-corrected chi connectivity index (χ3v) is 12.6. The van der Waals surface area contributed by atoms with Gasteiger partial charge in [-0.15, -0.1) is 54.1 Å². The summed E-state index contributed by atoms with van der Waals surface area (Å²) in [6, 6.07) is 50.7. The third-order valence-electron chi connectivity index (χ3n) is 10.5. The maximum atomic E-state index is 6.38. The molecule has 0 aliphatic heterocycles. The number of benzene rings is 5. The maximum Gasteiger partial charge on any atom is 0.216 e. The van der Waals surface area contributed by atoms with Crippen LogP contribution in [0.2, 0.25) is 19.6 Å². The molecule has 0 fully saturated rings. The summed E-state index contributed by atoms with van der Waals surface area (Å²) in [5.41, 5.74) is 13.3. The largest absolute Gasteiger partial charge is 0.486 e. The summed E-state index contributed by atoms with van der Waals surface area (Å²) in [5.74, 6) is 0.801. The fraction of sp³-hybridized carbons (Fsp3) is 0.196. The van der Waals surface area contributed by atoms with E-state index in [0.717, 1.165) is 67.8 Å². The second kappa shape index (κ2) is 16.4. The van der Waals surface area contributed by atoms with E-state index in [1.165, 1.54) is 27.4 Å².